The van der Waals surface area contributed by atoms with Crippen molar-refractivity contribution in [2.45, 2.75) is 44.7 Å². The Bertz CT molecular complexity index is 1200. The summed E-state index contributed by atoms with van der Waals surface area (Å²) < 4.78 is 7.47. The van der Waals surface area contributed by atoms with E-state index in [1.165, 1.54) is 36.2 Å². The molecule has 2 aliphatic heterocycles. The second-order valence-corrected chi connectivity index (χ2v) is 7.87. The molecule has 3 atom stereocenters. The number of nitro groups is 1. The number of fused-ring (bicyclic) bond motifs is 1. The zero-order chi connectivity index (χ0) is 23.2. The third kappa shape index (κ3) is 3.72. The fourth-order valence-corrected chi connectivity index (χ4v) is 4.14. The van der Waals surface area contributed by atoms with Crippen LogP contribution in [0.4, 0.5) is 11.4 Å². The lowest BCUT2D eigenvalue weighted by molar-refractivity contribution is -0.384. The first-order valence-electron chi connectivity index (χ1n) is 10.1. The van der Waals surface area contributed by atoms with E-state index in [4.69, 9.17) is 4.74 Å². The number of nitro benzene ring substituents is 1. The van der Waals surface area contributed by atoms with Crippen molar-refractivity contribution < 1.29 is 24.7 Å². The van der Waals surface area contributed by atoms with Crippen molar-refractivity contribution in [3.63, 3.8) is 0 Å². The van der Waals surface area contributed by atoms with Gasteiger partial charge in [0.2, 0.25) is 5.91 Å². The number of amides is 1. The van der Waals surface area contributed by atoms with Gasteiger partial charge in [0.05, 0.1) is 17.6 Å². The second-order valence-electron chi connectivity index (χ2n) is 7.87. The Kier molecular flexibility index (Phi) is 5.67. The summed E-state index contributed by atoms with van der Waals surface area (Å²) in [5.41, 5.74) is -0.108. The van der Waals surface area contributed by atoms with Gasteiger partial charge in [0.25, 0.3) is 11.2 Å². The van der Waals surface area contributed by atoms with Gasteiger partial charge in [-0.05, 0) is 25.0 Å². The van der Waals surface area contributed by atoms with Gasteiger partial charge in [-0.25, -0.2) is 4.79 Å². The highest BCUT2D eigenvalue weighted by atomic mass is 16.6. The van der Waals surface area contributed by atoms with Crippen LogP contribution >= 0.6 is 0 Å². The molecular weight excluding hydrogens is 424 g/mol. The van der Waals surface area contributed by atoms with Crippen LogP contribution < -0.4 is 16.1 Å². The molecule has 1 fully saturated rings. The quantitative estimate of drug-likeness (QED) is 0.458. The minimum Gasteiger partial charge on any atom is -0.394 e. The van der Waals surface area contributed by atoms with Crippen LogP contribution in [0.5, 0.6) is 0 Å². The number of aryl methyl sites for hydroxylation is 1. The molecule has 4 rings (SSSR count). The summed E-state index contributed by atoms with van der Waals surface area (Å²) in [5, 5.41) is 30.2. The fraction of sp³-hybridized carbons (Fsp3) is 0.450. The number of aliphatic hydroxyl groups is 2. The minimum atomic E-state index is -0.968. The van der Waals surface area contributed by atoms with Crippen molar-refractivity contribution in [1.82, 2.24) is 9.13 Å². The van der Waals surface area contributed by atoms with E-state index in [2.05, 4.69) is 0 Å². The predicted octanol–water partition coefficient (Wildman–Crippen LogP) is -0.543. The molecule has 0 radical (unpaired) electrons. The zero-order valence-electron chi connectivity index (χ0n) is 17.2. The van der Waals surface area contributed by atoms with Crippen LogP contribution in [0.25, 0.3) is 0 Å². The minimum absolute atomic E-state index is 0.0506. The summed E-state index contributed by atoms with van der Waals surface area (Å²) in [6, 6.07) is 4.20. The summed E-state index contributed by atoms with van der Waals surface area (Å²) in [7, 11) is 0. The predicted molar refractivity (Wildman–Crippen MR) is 110 cm³/mol. The van der Waals surface area contributed by atoms with E-state index in [0.29, 0.717) is 17.7 Å². The van der Waals surface area contributed by atoms with E-state index in [1.54, 1.807) is 0 Å². The monoisotopic (exact) mass is 446 g/mol. The Balaban J connectivity index is 1.63. The smallest absolute Gasteiger partial charge is 0.333 e. The molecule has 1 aromatic carbocycles. The number of aromatic nitrogens is 2. The van der Waals surface area contributed by atoms with E-state index >= 15 is 0 Å². The fourth-order valence-electron chi connectivity index (χ4n) is 4.14. The highest BCUT2D eigenvalue weighted by Gasteiger charge is 2.36. The molecule has 170 valence electrons. The molecule has 32 heavy (non-hydrogen) atoms. The highest BCUT2D eigenvalue weighted by molar-refractivity contribution is 5.95. The average molecular weight is 446 g/mol. The summed E-state index contributed by atoms with van der Waals surface area (Å²) >= 11 is 0. The molecule has 2 N–H and O–H groups in total. The number of hydrogen-bond donors (Lipinski definition) is 2. The van der Waals surface area contributed by atoms with Crippen LogP contribution in [-0.2, 0) is 22.5 Å². The number of nitrogens with zero attached hydrogens (tertiary/aromatic N) is 4. The van der Waals surface area contributed by atoms with E-state index in [9.17, 15) is 34.7 Å². The van der Waals surface area contributed by atoms with Crippen LogP contribution in [0, 0.1) is 17.0 Å². The Hall–Kier alpha value is -3.35. The molecule has 0 bridgehead atoms. The van der Waals surface area contributed by atoms with Gasteiger partial charge in [-0.2, -0.15) is 0 Å². The molecule has 2 aliphatic rings. The molecule has 0 saturated carbocycles. The largest absolute Gasteiger partial charge is 0.394 e. The Labute approximate surface area is 181 Å². The van der Waals surface area contributed by atoms with Crippen LogP contribution in [0.3, 0.4) is 0 Å². The van der Waals surface area contributed by atoms with Gasteiger partial charge < -0.3 is 19.8 Å². The van der Waals surface area contributed by atoms with E-state index in [0.717, 1.165) is 9.13 Å². The van der Waals surface area contributed by atoms with Gasteiger partial charge in [0.1, 0.15) is 18.9 Å². The standard InChI is InChI=1S/C20H22N4O8/c1-11-8-22(18-7-15(26)16(10-25)32-18)20(29)23(19(11)28)9-17(27)21-5-4-12-6-13(24(30)31)2-3-14(12)21/h2-3,6,8,15-16,18,25-26H,4-5,7,9-10H2,1H3/t15-,16-,18+/m1/s1. The molecule has 2 aromatic rings. The molecule has 12 heteroatoms. The maximum absolute atomic E-state index is 13.0. The number of rotatable bonds is 5. The number of ether oxygens (including phenoxy) is 1. The number of anilines is 1. The van der Waals surface area contributed by atoms with Crippen molar-refractivity contribution in [2.75, 3.05) is 18.1 Å². The van der Waals surface area contributed by atoms with Crippen LogP contribution in [0.1, 0.15) is 23.8 Å². The first kappa shape index (κ1) is 21.9. The number of aliphatic hydroxyl groups excluding tert-OH is 2. The molecule has 1 amide bonds. The number of carbonyl (C=O) groups excluding carboxylic acids is 1. The van der Waals surface area contributed by atoms with Gasteiger partial charge in [-0.1, -0.05) is 0 Å². The lowest BCUT2D eigenvalue weighted by Crippen LogP contribution is -2.46. The third-order valence-corrected chi connectivity index (χ3v) is 5.83. The Morgan fingerprint density at radius 1 is 1.34 bits per heavy atom. The molecule has 0 unspecified atom stereocenters. The summed E-state index contributed by atoms with van der Waals surface area (Å²) in [6.07, 6.45) is -0.916. The normalized spacial score (nSPS) is 22.2. The van der Waals surface area contributed by atoms with Gasteiger partial charge in [-0.15, -0.1) is 0 Å². The molecule has 3 heterocycles. The van der Waals surface area contributed by atoms with Crippen LogP contribution in [-0.4, -0.2) is 55.5 Å². The molecule has 0 spiro atoms. The Morgan fingerprint density at radius 2 is 2.09 bits per heavy atom. The number of non-ortho nitro benzene ring substituents is 1. The van der Waals surface area contributed by atoms with Gasteiger partial charge in [0.15, 0.2) is 0 Å². The lowest BCUT2D eigenvalue weighted by atomic mass is 10.1. The number of carbonyl (C=O) groups is 1. The molecule has 0 aliphatic carbocycles. The van der Waals surface area contributed by atoms with E-state index in [-0.39, 0.29) is 24.2 Å². The summed E-state index contributed by atoms with van der Waals surface area (Å²) in [5.74, 6) is -0.505. The first-order chi connectivity index (χ1) is 15.2. The van der Waals surface area contributed by atoms with E-state index < -0.39 is 53.7 Å². The molecule has 1 aromatic heterocycles. The lowest BCUT2D eigenvalue weighted by Gasteiger charge is -2.20. The molecular formula is C20H22N4O8. The van der Waals surface area contributed by atoms with Crippen LogP contribution in [0.2, 0.25) is 0 Å². The maximum atomic E-state index is 13.0. The van der Waals surface area contributed by atoms with Crippen molar-refractivity contribution in [1.29, 1.82) is 0 Å². The van der Waals surface area contributed by atoms with Crippen LogP contribution in [0.15, 0.2) is 34.0 Å². The average Bonchev–Trinajstić information content (AvgIpc) is 3.36. The zero-order valence-corrected chi connectivity index (χ0v) is 17.2. The van der Waals surface area contributed by atoms with E-state index in [1.807, 2.05) is 0 Å². The third-order valence-electron chi connectivity index (χ3n) is 5.83. The van der Waals surface area contributed by atoms with Crippen molar-refractivity contribution >= 4 is 17.3 Å². The van der Waals surface area contributed by atoms with Crippen molar-refractivity contribution in [2.24, 2.45) is 0 Å². The summed E-state index contributed by atoms with van der Waals surface area (Å²) in [6.45, 7) is 0.836. The molecule has 12 nitrogen and oxygen atoms in total. The van der Waals surface area contributed by atoms with Crippen molar-refractivity contribution in [3.05, 3.63) is 66.5 Å². The topological polar surface area (TPSA) is 157 Å². The van der Waals surface area contributed by atoms with Crippen molar-refractivity contribution in [3.8, 4) is 0 Å². The number of benzene rings is 1. The van der Waals surface area contributed by atoms with Gasteiger partial charge >= 0.3 is 5.69 Å². The first-order valence-corrected chi connectivity index (χ1v) is 10.1. The SMILES string of the molecule is Cc1cn([C@@H]2C[C@@H](O)[C@@H](CO)O2)c(=O)n(CC(=O)N2CCc3cc([N+](=O)[O-])ccc32)c1=O. The number of hydrogen-bond acceptors (Lipinski definition) is 8. The highest BCUT2D eigenvalue weighted by Crippen LogP contribution is 2.31. The maximum Gasteiger partial charge on any atom is 0.333 e. The Morgan fingerprint density at radius 3 is 2.75 bits per heavy atom. The second kappa shape index (κ2) is 8.30. The molecule has 1 saturated heterocycles. The summed E-state index contributed by atoms with van der Waals surface area (Å²) in [4.78, 5) is 50.5. The van der Waals surface area contributed by atoms with Gasteiger partial charge in [0, 0.05) is 42.5 Å². The van der Waals surface area contributed by atoms with Gasteiger partial charge in [-0.3, -0.25) is 28.8 Å².